The first-order valence-electron chi connectivity index (χ1n) is 15.9. The second kappa shape index (κ2) is 16.5. The van der Waals surface area contributed by atoms with Gasteiger partial charge in [0.05, 0.1) is 13.2 Å². The normalized spacial score (nSPS) is 27.4. The first-order chi connectivity index (χ1) is 19.2. The largest absolute Gasteiger partial charge is 0.498 e. The first kappa shape index (κ1) is 32.6. The van der Waals surface area contributed by atoms with Gasteiger partial charge in [0.25, 0.3) is 0 Å². The Morgan fingerprint density at radius 3 is 2.27 bits per heavy atom. The van der Waals surface area contributed by atoms with Gasteiger partial charge >= 0.3 is 0 Å². The summed E-state index contributed by atoms with van der Waals surface area (Å²) in [5.74, 6) is 1.78. The van der Waals surface area contributed by atoms with E-state index in [1.165, 1.54) is 58.1 Å². The minimum absolute atomic E-state index is 0.000479. The predicted octanol–water partition coefficient (Wildman–Crippen LogP) is 10.6. The van der Waals surface area contributed by atoms with E-state index in [4.69, 9.17) is 14.2 Å². The lowest BCUT2D eigenvalue weighted by Crippen LogP contribution is -2.27. The highest BCUT2D eigenvalue weighted by Gasteiger charge is 2.29. The van der Waals surface area contributed by atoms with E-state index in [-0.39, 0.29) is 24.5 Å². The van der Waals surface area contributed by atoms with Gasteiger partial charge < -0.3 is 14.2 Å². The Morgan fingerprint density at radius 2 is 1.68 bits per heavy atom. The Morgan fingerprint density at radius 1 is 0.975 bits per heavy atom. The molecule has 0 aromatic heterocycles. The lowest BCUT2D eigenvalue weighted by molar-refractivity contribution is 0.000149. The van der Waals surface area contributed by atoms with Crippen molar-refractivity contribution in [3.05, 3.63) is 58.6 Å². The molecule has 2 aliphatic rings. The standard InChI is InChI=1S/C35H54F2O3/c1-7-9-27-10-15-31(25(4)21-27)20-24(3)22-39-32-18-16-30(17-19-32)29-13-11-28(12-14-29)23-40-33(8-2)35(37)34(36)26(5)38-6/h11-14,24-25,27,30-32H,7-10,15-23H2,1-6H3/b34-26-,35-33-. The Balaban J connectivity index is 1.39. The van der Waals surface area contributed by atoms with Gasteiger partial charge in [-0.15, -0.1) is 0 Å². The quantitative estimate of drug-likeness (QED) is 0.167. The van der Waals surface area contributed by atoms with Gasteiger partial charge in [0.2, 0.25) is 0 Å². The Kier molecular flexibility index (Phi) is 13.5. The molecule has 0 amide bonds. The molecule has 1 aromatic carbocycles. The third-order valence-corrected chi connectivity index (χ3v) is 9.39. The molecule has 0 heterocycles. The van der Waals surface area contributed by atoms with Crippen molar-refractivity contribution >= 4 is 0 Å². The summed E-state index contributed by atoms with van der Waals surface area (Å²) in [6.45, 7) is 11.4. The maximum atomic E-state index is 14.4. The highest BCUT2D eigenvalue weighted by molar-refractivity contribution is 5.27. The molecule has 0 spiro atoms. The molecule has 5 heteroatoms. The Labute approximate surface area is 242 Å². The molecule has 3 rings (SSSR count). The zero-order valence-electron chi connectivity index (χ0n) is 25.9. The van der Waals surface area contributed by atoms with Crippen molar-refractivity contribution in [2.75, 3.05) is 13.7 Å². The van der Waals surface area contributed by atoms with Crippen molar-refractivity contribution in [3.63, 3.8) is 0 Å². The molecule has 2 saturated carbocycles. The van der Waals surface area contributed by atoms with Crippen molar-refractivity contribution < 1.29 is 23.0 Å². The summed E-state index contributed by atoms with van der Waals surface area (Å²) in [5.41, 5.74) is 2.28. The third-order valence-electron chi connectivity index (χ3n) is 9.39. The lowest BCUT2D eigenvalue weighted by Gasteiger charge is -2.36. The minimum atomic E-state index is -1.01. The van der Waals surface area contributed by atoms with Crippen molar-refractivity contribution in [1.29, 1.82) is 0 Å². The number of hydrogen-bond acceptors (Lipinski definition) is 3. The molecule has 2 fully saturated rings. The van der Waals surface area contributed by atoms with Gasteiger partial charge in [-0.1, -0.05) is 71.2 Å². The molecule has 1 aromatic rings. The molecule has 40 heavy (non-hydrogen) atoms. The van der Waals surface area contributed by atoms with E-state index in [2.05, 4.69) is 32.9 Å². The minimum Gasteiger partial charge on any atom is -0.498 e. The van der Waals surface area contributed by atoms with Crippen LogP contribution in [-0.4, -0.2) is 19.8 Å². The summed E-state index contributed by atoms with van der Waals surface area (Å²) in [5, 5.41) is 0. The number of hydrogen-bond donors (Lipinski definition) is 0. The third kappa shape index (κ3) is 9.60. The topological polar surface area (TPSA) is 27.7 Å². The second-order valence-corrected chi connectivity index (χ2v) is 12.5. The van der Waals surface area contributed by atoms with Crippen LogP contribution in [0.4, 0.5) is 8.78 Å². The number of allylic oxidation sites excluding steroid dienone is 4. The van der Waals surface area contributed by atoms with Gasteiger partial charge in [0.15, 0.2) is 11.7 Å². The monoisotopic (exact) mass is 560 g/mol. The molecule has 0 saturated heterocycles. The average Bonchev–Trinajstić information content (AvgIpc) is 2.97. The SMILES string of the molecule is CCCC1CCC(CC(C)COC2CCC(c3ccc(CO/C(CC)=C(F)/C(F)=C(\C)OC)cc3)CC2)C(C)C1. The molecule has 0 bridgehead atoms. The van der Waals surface area contributed by atoms with Crippen LogP contribution in [0.2, 0.25) is 0 Å². The van der Waals surface area contributed by atoms with Crippen LogP contribution in [0.25, 0.3) is 0 Å². The summed E-state index contributed by atoms with van der Waals surface area (Å²) in [6, 6.07) is 8.39. The summed E-state index contributed by atoms with van der Waals surface area (Å²) in [7, 11) is 1.32. The molecule has 2 aliphatic carbocycles. The Hall–Kier alpha value is -1.88. The summed E-state index contributed by atoms with van der Waals surface area (Å²) >= 11 is 0. The van der Waals surface area contributed by atoms with Crippen molar-refractivity contribution in [1.82, 2.24) is 0 Å². The van der Waals surface area contributed by atoms with E-state index in [9.17, 15) is 8.78 Å². The number of rotatable bonds is 14. The smallest absolute Gasteiger partial charge is 0.199 e. The summed E-state index contributed by atoms with van der Waals surface area (Å²) in [4.78, 5) is 0. The van der Waals surface area contributed by atoms with Crippen LogP contribution < -0.4 is 0 Å². The molecule has 4 atom stereocenters. The second-order valence-electron chi connectivity index (χ2n) is 12.5. The fraction of sp³-hybridized carbons (Fsp3) is 0.714. The number of ether oxygens (including phenoxy) is 3. The molecule has 4 unspecified atom stereocenters. The van der Waals surface area contributed by atoms with E-state index in [1.54, 1.807) is 6.92 Å². The van der Waals surface area contributed by atoms with Gasteiger partial charge in [-0.25, -0.2) is 0 Å². The number of halogens is 2. The van der Waals surface area contributed by atoms with Gasteiger partial charge in [0, 0.05) is 13.0 Å². The van der Waals surface area contributed by atoms with Crippen LogP contribution in [0.1, 0.15) is 122 Å². The fourth-order valence-corrected chi connectivity index (χ4v) is 6.78. The molecule has 0 aliphatic heterocycles. The van der Waals surface area contributed by atoms with E-state index in [0.717, 1.165) is 55.6 Å². The fourth-order valence-electron chi connectivity index (χ4n) is 6.78. The maximum Gasteiger partial charge on any atom is 0.199 e. The molecule has 3 nitrogen and oxygen atoms in total. The van der Waals surface area contributed by atoms with Crippen LogP contribution in [0, 0.1) is 23.7 Å². The van der Waals surface area contributed by atoms with Gasteiger partial charge in [0.1, 0.15) is 18.1 Å². The highest BCUT2D eigenvalue weighted by Crippen LogP contribution is 2.39. The number of benzene rings is 1. The highest BCUT2D eigenvalue weighted by atomic mass is 19.2. The van der Waals surface area contributed by atoms with Gasteiger partial charge in [-0.3, -0.25) is 0 Å². The van der Waals surface area contributed by atoms with Crippen LogP contribution in [0.3, 0.4) is 0 Å². The van der Waals surface area contributed by atoms with Crippen LogP contribution in [0.5, 0.6) is 0 Å². The van der Waals surface area contributed by atoms with E-state index >= 15 is 0 Å². The lowest BCUT2D eigenvalue weighted by atomic mass is 9.71. The zero-order valence-corrected chi connectivity index (χ0v) is 25.9. The van der Waals surface area contributed by atoms with E-state index in [0.29, 0.717) is 17.9 Å². The molecular formula is C35H54F2O3. The molecule has 226 valence electrons. The van der Waals surface area contributed by atoms with Crippen LogP contribution in [0.15, 0.2) is 47.4 Å². The predicted molar refractivity (Wildman–Crippen MR) is 160 cm³/mol. The summed E-state index contributed by atoms with van der Waals surface area (Å²) < 4.78 is 45.4. The Bertz CT molecular complexity index is 946. The van der Waals surface area contributed by atoms with Crippen LogP contribution >= 0.6 is 0 Å². The van der Waals surface area contributed by atoms with E-state index in [1.807, 2.05) is 12.1 Å². The summed E-state index contributed by atoms with van der Waals surface area (Å²) in [6.07, 6.45) is 13.5. The van der Waals surface area contributed by atoms with E-state index < -0.39 is 11.7 Å². The van der Waals surface area contributed by atoms with Crippen molar-refractivity contribution in [2.45, 2.75) is 124 Å². The average molecular weight is 561 g/mol. The maximum absolute atomic E-state index is 14.4. The molecule has 0 radical (unpaired) electrons. The van der Waals surface area contributed by atoms with Crippen molar-refractivity contribution in [2.24, 2.45) is 23.7 Å². The first-order valence-corrected chi connectivity index (χ1v) is 15.9. The molecular weight excluding hydrogens is 506 g/mol. The van der Waals surface area contributed by atoms with Crippen molar-refractivity contribution in [3.8, 4) is 0 Å². The van der Waals surface area contributed by atoms with Gasteiger partial charge in [-0.2, -0.15) is 8.78 Å². The number of methoxy groups -OCH3 is 1. The van der Waals surface area contributed by atoms with Crippen LogP contribution in [-0.2, 0) is 20.8 Å². The molecule has 0 N–H and O–H groups in total. The van der Waals surface area contributed by atoms with Gasteiger partial charge in [-0.05, 0) is 92.6 Å². The zero-order chi connectivity index (χ0) is 29.1.